The van der Waals surface area contributed by atoms with Gasteiger partial charge in [-0.3, -0.25) is 19.2 Å². The van der Waals surface area contributed by atoms with Gasteiger partial charge >= 0.3 is 0 Å². The van der Waals surface area contributed by atoms with Crippen molar-refractivity contribution in [3.8, 4) is 5.75 Å². The Balaban J connectivity index is 1.59. The summed E-state index contributed by atoms with van der Waals surface area (Å²) in [6, 6.07) is 23.1. The van der Waals surface area contributed by atoms with Gasteiger partial charge in [0.2, 0.25) is 11.8 Å². The van der Waals surface area contributed by atoms with Crippen LogP contribution in [0.4, 0.5) is 0 Å². The molecule has 0 fully saturated rings. The Labute approximate surface area is 278 Å². The van der Waals surface area contributed by atoms with E-state index in [1.54, 1.807) is 72.8 Å². The Kier molecular flexibility index (Phi) is 11.5. The third kappa shape index (κ3) is 9.60. The number of para-hydroxylation sites is 2. The number of hydrogen-bond acceptors (Lipinski definition) is 8. The van der Waals surface area contributed by atoms with Crippen LogP contribution in [0.1, 0.15) is 53.6 Å². The molecule has 7 N–H and O–H groups in total. The Morgan fingerprint density at radius 2 is 1.52 bits per heavy atom. The molecule has 252 valence electrons. The quantitative estimate of drug-likeness (QED) is 0.119. The molecule has 48 heavy (non-hydrogen) atoms. The van der Waals surface area contributed by atoms with Crippen molar-refractivity contribution in [3.05, 3.63) is 108 Å². The third-order valence-corrected chi connectivity index (χ3v) is 7.48. The monoisotopic (exact) mass is 655 g/mol. The lowest BCUT2D eigenvalue weighted by Crippen LogP contribution is -2.62. The normalized spacial score (nSPS) is 13.9. The second-order valence-corrected chi connectivity index (χ2v) is 12.6. The van der Waals surface area contributed by atoms with E-state index in [1.165, 1.54) is 6.07 Å². The van der Waals surface area contributed by atoms with Gasteiger partial charge in [0.05, 0.1) is 30.1 Å². The summed E-state index contributed by atoms with van der Waals surface area (Å²) in [6.07, 6.45) is -0.518. The Bertz CT molecular complexity index is 1760. The van der Waals surface area contributed by atoms with Crippen molar-refractivity contribution in [2.75, 3.05) is 13.2 Å². The molecule has 0 bridgehead atoms. The van der Waals surface area contributed by atoms with E-state index in [9.17, 15) is 29.4 Å². The van der Waals surface area contributed by atoms with Gasteiger partial charge in [0.15, 0.2) is 0 Å². The minimum atomic E-state index is -2.10. The fourth-order valence-electron chi connectivity index (χ4n) is 4.98. The van der Waals surface area contributed by atoms with Gasteiger partial charge in [-0.05, 0) is 57.0 Å². The number of aliphatic hydroxyl groups is 2. The molecule has 0 aliphatic heterocycles. The number of amides is 4. The maximum Gasteiger partial charge on any atom is 0.270 e. The van der Waals surface area contributed by atoms with Crippen LogP contribution < -0.4 is 26.4 Å². The maximum absolute atomic E-state index is 13.7. The highest BCUT2D eigenvalue weighted by Crippen LogP contribution is 2.23. The molecular weight excluding hydrogens is 614 g/mol. The summed E-state index contributed by atoms with van der Waals surface area (Å²) in [5, 5.41) is 31.2. The number of ether oxygens (including phenoxy) is 1. The van der Waals surface area contributed by atoms with E-state index in [0.29, 0.717) is 11.1 Å². The molecule has 1 aromatic heterocycles. The summed E-state index contributed by atoms with van der Waals surface area (Å²) in [5.41, 5.74) is 4.32. The predicted molar refractivity (Wildman–Crippen MR) is 180 cm³/mol. The van der Waals surface area contributed by atoms with Crippen LogP contribution in [0.25, 0.3) is 10.9 Å². The Morgan fingerprint density at radius 3 is 2.21 bits per heavy atom. The zero-order valence-electron chi connectivity index (χ0n) is 27.1. The zero-order valence-corrected chi connectivity index (χ0v) is 27.1. The second-order valence-electron chi connectivity index (χ2n) is 12.6. The Hall–Kier alpha value is -5.33. The number of nitrogens with two attached hydrogens (primary N) is 1. The summed E-state index contributed by atoms with van der Waals surface area (Å²) in [7, 11) is 0. The number of rotatable bonds is 14. The van der Waals surface area contributed by atoms with Crippen LogP contribution in [0.15, 0.2) is 91.0 Å². The summed E-state index contributed by atoms with van der Waals surface area (Å²) < 4.78 is 5.94. The number of nitrogens with one attached hydrogen (secondary N) is 3. The van der Waals surface area contributed by atoms with E-state index in [0.717, 1.165) is 5.39 Å². The third-order valence-electron chi connectivity index (χ3n) is 7.48. The first-order valence-electron chi connectivity index (χ1n) is 15.4. The van der Waals surface area contributed by atoms with Crippen molar-refractivity contribution in [3.63, 3.8) is 0 Å². The highest BCUT2D eigenvalue weighted by Gasteiger charge is 2.40. The summed E-state index contributed by atoms with van der Waals surface area (Å²) >= 11 is 0. The molecule has 4 aromatic rings. The molecule has 12 nitrogen and oxygen atoms in total. The van der Waals surface area contributed by atoms with Crippen molar-refractivity contribution in [1.29, 1.82) is 0 Å². The van der Waals surface area contributed by atoms with Crippen molar-refractivity contribution < 1.29 is 34.1 Å². The van der Waals surface area contributed by atoms with E-state index in [4.69, 9.17) is 10.5 Å². The lowest BCUT2D eigenvalue weighted by atomic mass is 9.89. The number of benzene rings is 3. The Morgan fingerprint density at radius 1 is 0.854 bits per heavy atom. The molecule has 0 spiro atoms. The van der Waals surface area contributed by atoms with Gasteiger partial charge in [-0.15, -0.1) is 0 Å². The molecule has 0 saturated carbocycles. The highest BCUT2D eigenvalue weighted by atomic mass is 16.5. The number of aromatic nitrogens is 1. The summed E-state index contributed by atoms with van der Waals surface area (Å²) in [4.78, 5) is 56.3. The van der Waals surface area contributed by atoms with Crippen LogP contribution in [-0.4, -0.2) is 75.3 Å². The fourth-order valence-corrected chi connectivity index (χ4v) is 4.98. The second kappa shape index (κ2) is 15.5. The van der Waals surface area contributed by atoms with E-state index >= 15 is 0 Å². The summed E-state index contributed by atoms with van der Waals surface area (Å²) in [6.45, 7) is 4.12. The molecule has 1 heterocycles. The molecule has 3 atom stereocenters. The van der Waals surface area contributed by atoms with Gasteiger partial charge in [0, 0.05) is 10.9 Å². The number of primary amides is 1. The van der Waals surface area contributed by atoms with Crippen LogP contribution in [0.2, 0.25) is 0 Å². The minimum Gasteiger partial charge on any atom is -0.490 e. The van der Waals surface area contributed by atoms with E-state index in [-0.39, 0.29) is 23.4 Å². The standard InChI is InChI=1S/C36H41N5O7/c1-35(2,3)41-32(44)25-14-8-10-16-29(25)48-22-36(47,21-42)30(19-23-11-5-4-6-12-23)40-34(46)28(20-31(37)43)39-33(45)27-18-17-24-13-7-9-15-26(24)38-27/h4-18,28,30,42,47H,19-22H2,1-3H3,(H2,37,43)(H,39,45)(H,40,46)(H,41,44)/t28-,30-,36+/m0/s1. The van der Waals surface area contributed by atoms with Crippen LogP contribution in [0.3, 0.4) is 0 Å². The van der Waals surface area contributed by atoms with Crippen molar-refractivity contribution in [2.24, 2.45) is 5.73 Å². The average molecular weight is 656 g/mol. The van der Waals surface area contributed by atoms with Gasteiger partial charge < -0.3 is 36.6 Å². The number of nitrogens with zero attached hydrogens (tertiary/aromatic N) is 1. The van der Waals surface area contributed by atoms with E-state index in [1.807, 2.05) is 32.9 Å². The average Bonchev–Trinajstić information content (AvgIpc) is 3.06. The fraction of sp³-hybridized carbons (Fsp3) is 0.306. The number of carbonyl (C=O) groups is 4. The van der Waals surface area contributed by atoms with Crippen LogP contribution in [-0.2, 0) is 16.0 Å². The van der Waals surface area contributed by atoms with Gasteiger partial charge in [-0.1, -0.05) is 66.7 Å². The SMILES string of the molecule is CC(C)(C)NC(=O)c1ccccc1OC[C@](O)(CO)[C@H](Cc1ccccc1)NC(=O)[C@H](CC(N)=O)NC(=O)c1ccc2ccccc2n1. The first-order valence-corrected chi connectivity index (χ1v) is 15.4. The van der Waals surface area contributed by atoms with Gasteiger partial charge in [-0.25, -0.2) is 4.98 Å². The molecule has 4 amide bonds. The number of fused-ring (bicyclic) bond motifs is 1. The lowest BCUT2D eigenvalue weighted by molar-refractivity contribution is -0.131. The largest absolute Gasteiger partial charge is 0.490 e. The lowest BCUT2D eigenvalue weighted by Gasteiger charge is -2.36. The maximum atomic E-state index is 13.7. The molecule has 0 saturated heterocycles. The number of hydrogen-bond donors (Lipinski definition) is 6. The predicted octanol–water partition coefficient (Wildman–Crippen LogP) is 2.27. The van der Waals surface area contributed by atoms with Gasteiger partial charge in [0.1, 0.15) is 29.7 Å². The number of pyridine rings is 1. The molecule has 0 unspecified atom stereocenters. The van der Waals surface area contributed by atoms with Crippen LogP contribution in [0.5, 0.6) is 5.75 Å². The zero-order chi connectivity index (χ0) is 34.9. The number of aliphatic hydroxyl groups excluding tert-OH is 1. The van der Waals surface area contributed by atoms with Crippen LogP contribution in [0, 0.1) is 0 Å². The van der Waals surface area contributed by atoms with Gasteiger partial charge in [-0.2, -0.15) is 0 Å². The van der Waals surface area contributed by atoms with E-state index in [2.05, 4.69) is 20.9 Å². The molecule has 0 aliphatic carbocycles. The molecule has 3 aromatic carbocycles. The van der Waals surface area contributed by atoms with Crippen molar-refractivity contribution in [1.82, 2.24) is 20.9 Å². The topological polar surface area (TPSA) is 193 Å². The molecule has 4 rings (SSSR count). The van der Waals surface area contributed by atoms with Crippen molar-refractivity contribution in [2.45, 2.75) is 56.8 Å². The first-order chi connectivity index (χ1) is 22.8. The minimum absolute atomic E-state index is 0.0197. The molecule has 0 radical (unpaired) electrons. The van der Waals surface area contributed by atoms with Crippen LogP contribution >= 0.6 is 0 Å². The smallest absolute Gasteiger partial charge is 0.270 e. The van der Waals surface area contributed by atoms with E-state index < -0.39 is 66.5 Å². The molecule has 12 heteroatoms. The van der Waals surface area contributed by atoms with Crippen molar-refractivity contribution >= 4 is 34.5 Å². The highest BCUT2D eigenvalue weighted by molar-refractivity contribution is 5.99. The molecular formula is C36H41N5O7. The molecule has 0 aliphatic rings. The first kappa shape index (κ1) is 35.5. The number of carbonyl (C=O) groups excluding carboxylic acids is 4. The van der Waals surface area contributed by atoms with Gasteiger partial charge in [0.25, 0.3) is 11.8 Å². The summed E-state index contributed by atoms with van der Waals surface area (Å²) in [5.74, 6) is -2.65.